The lowest BCUT2D eigenvalue weighted by molar-refractivity contribution is -0.0327. The highest BCUT2D eigenvalue weighted by Crippen LogP contribution is 2.29. The third-order valence-corrected chi connectivity index (χ3v) is 2.90. The van der Waals surface area contributed by atoms with Gasteiger partial charge in [0, 0.05) is 18.3 Å². The first-order valence-corrected chi connectivity index (χ1v) is 6.06. The van der Waals surface area contributed by atoms with E-state index in [9.17, 15) is 17.6 Å². The van der Waals surface area contributed by atoms with Crippen LogP contribution in [0.25, 0.3) is 0 Å². The molecule has 0 fully saturated rings. The van der Waals surface area contributed by atoms with E-state index in [1.54, 1.807) is 19.1 Å². The van der Waals surface area contributed by atoms with Crippen LogP contribution in [0.15, 0.2) is 24.3 Å². The second kappa shape index (κ2) is 6.26. The van der Waals surface area contributed by atoms with Gasteiger partial charge in [-0.2, -0.15) is 13.2 Å². The number of halogens is 4. The summed E-state index contributed by atoms with van der Waals surface area (Å²) in [6.45, 7) is 2.01. The molecule has 1 aromatic rings. The number of hydrogen-bond acceptors (Lipinski definition) is 2. The smallest absolute Gasteiger partial charge is 0.309 e. The molecular formula is C11H13F4NS. The number of nitrogens with one attached hydrogen (secondary N) is 1. The predicted molar refractivity (Wildman–Crippen MR) is 61.3 cm³/mol. The lowest BCUT2D eigenvalue weighted by Gasteiger charge is -2.14. The summed E-state index contributed by atoms with van der Waals surface area (Å²) in [5, 5.41) is 2.91. The van der Waals surface area contributed by atoms with Gasteiger partial charge in [0.05, 0.1) is 0 Å². The van der Waals surface area contributed by atoms with Crippen molar-refractivity contribution in [2.24, 2.45) is 0 Å². The van der Waals surface area contributed by atoms with Crippen molar-refractivity contribution in [3.8, 4) is 0 Å². The summed E-state index contributed by atoms with van der Waals surface area (Å²) in [4.78, 5) is 0. The zero-order valence-corrected chi connectivity index (χ0v) is 10.0. The molecule has 0 aliphatic heterocycles. The third kappa shape index (κ3) is 5.93. The monoisotopic (exact) mass is 267 g/mol. The van der Waals surface area contributed by atoms with Crippen LogP contribution in [-0.2, 0) is 0 Å². The lowest BCUT2D eigenvalue weighted by Crippen LogP contribution is -2.22. The molecule has 6 heteroatoms. The first-order valence-electron chi connectivity index (χ1n) is 5.08. The second-order valence-corrected chi connectivity index (χ2v) is 4.68. The fourth-order valence-electron chi connectivity index (χ4n) is 1.34. The quantitative estimate of drug-likeness (QED) is 0.644. The summed E-state index contributed by atoms with van der Waals surface area (Å²) in [7, 11) is 0. The van der Waals surface area contributed by atoms with Gasteiger partial charge in [-0.25, -0.2) is 4.39 Å². The van der Waals surface area contributed by atoms with Crippen LogP contribution in [0, 0.1) is 5.82 Å². The van der Waals surface area contributed by atoms with Gasteiger partial charge in [0.15, 0.2) is 0 Å². The molecule has 1 nitrogen and oxygen atoms in total. The Bertz CT molecular complexity index is 354. The van der Waals surface area contributed by atoms with Crippen molar-refractivity contribution in [1.29, 1.82) is 0 Å². The van der Waals surface area contributed by atoms with E-state index in [2.05, 4.69) is 5.32 Å². The predicted octanol–water partition coefficient (Wildman–Crippen LogP) is 3.73. The number of alkyl halides is 3. The molecule has 1 rings (SSSR count). The van der Waals surface area contributed by atoms with Crippen LogP contribution in [-0.4, -0.2) is 17.8 Å². The topological polar surface area (TPSA) is 12.0 Å². The molecule has 1 N–H and O–H groups in total. The molecule has 1 atom stereocenters. The summed E-state index contributed by atoms with van der Waals surface area (Å²) >= 11 is -0.0627. The summed E-state index contributed by atoms with van der Waals surface area (Å²) in [5.41, 5.74) is -3.47. The first-order chi connectivity index (χ1) is 7.88. The maximum Gasteiger partial charge on any atom is 0.441 e. The summed E-state index contributed by atoms with van der Waals surface area (Å²) in [6, 6.07) is 5.84. The average molecular weight is 267 g/mol. The molecule has 0 saturated carbocycles. The second-order valence-electron chi connectivity index (χ2n) is 3.53. The zero-order chi connectivity index (χ0) is 12.9. The van der Waals surface area contributed by atoms with Crippen molar-refractivity contribution in [2.45, 2.75) is 18.5 Å². The van der Waals surface area contributed by atoms with E-state index in [0.29, 0.717) is 0 Å². The van der Waals surface area contributed by atoms with E-state index in [4.69, 9.17) is 0 Å². The van der Waals surface area contributed by atoms with E-state index in [-0.39, 0.29) is 35.9 Å². The van der Waals surface area contributed by atoms with Crippen LogP contribution >= 0.6 is 11.8 Å². The number of hydrogen-bond donors (Lipinski definition) is 1. The molecule has 0 heterocycles. The van der Waals surface area contributed by atoms with Crippen molar-refractivity contribution in [2.75, 3.05) is 12.3 Å². The SMILES string of the molecule is CC(NCCSC(F)(F)F)c1cccc(F)c1. The minimum Gasteiger partial charge on any atom is -0.309 e. The molecule has 0 aliphatic carbocycles. The van der Waals surface area contributed by atoms with Gasteiger partial charge in [0.1, 0.15) is 5.82 Å². The molecule has 0 spiro atoms. The molecule has 1 aromatic carbocycles. The van der Waals surface area contributed by atoms with Crippen molar-refractivity contribution >= 4 is 11.8 Å². The fourth-order valence-corrected chi connectivity index (χ4v) is 1.79. The Labute approximate surface area is 102 Å². The van der Waals surface area contributed by atoms with Crippen molar-refractivity contribution < 1.29 is 17.6 Å². The maximum atomic E-state index is 12.9. The van der Waals surface area contributed by atoms with Crippen LogP contribution in [0.4, 0.5) is 17.6 Å². The van der Waals surface area contributed by atoms with Gasteiger partial charge in [0.2, 0.25) is 0 Å². The molecular weight excluding hydrogens is 254 g/mol. The highest BCUT2D eigenvalue weighted by atomic mass is 32.2. The maximum absolute atomic E-state index is 12.9. The molecule has 0 aliphatic rings. The number of rotatable bonds is 5. The normalized spacial score (nSPS) is 13.7. The highest BCUT2D eigenvalue weighted by Gasteiger charge is 2.27. The zero-order valence-electron chi connectivity index (χ0n) is 9.22. The number of thioether (sulfide) groups is 1. The molecule has 0 saturated heterocycles. The largest absolute Gasteiger partial charge is 0.441 e. The van der Waals surface area contributed by atoms with Crippen molar-refractivity contribution in [1.82, 2.24) is 5.32 Å². The summed E-state index contributed by atoms with van der Waals surface area (Å²) in [5.74, 6) is -0.399. The Kier molecular flexibility index (Phi) is 5.27. The van der Waals surface area contributed by atoms with Crippen LogP contribution in [0.2, 0.25) is 0 Å². The van der Waals surface area contributed by atoms with E-state index in [0.717, 1.165) is 5.56 Å². The molecule has 0 bridgehead atoms. The van der Waals surface area contributed by atoms with Crippen LogP contribution < -0.4 is 5.32 Å². The minimum absolute atomic E-state index is 0.0524. The standard InChI is InChI=1S/C11H13F4NS/c1-8(9-3-2-4-10(12)7-9)16-5-6-17-11(13,14)15/h2-4,7-8,16H,5-6H2,1H3. The minimum atomic E-state index is -4.19. The Balaban J connectivity index is 2.33. The Morgan fingerprint density at radius 1 is 1.35 bits per heavy atom. The fraction of sp³-hybridized carbons (Fsp3) is 0.455. The van der Waals surface area contributed by atoms with Crippen LogP contribution in [0.5, 0.6) is 0 Å². The number of benzene rings is 1. The Hall–Kier alpha value is -0.750. The Morgan fingerprint density at radius 3 is 2.65 bits per heavy atom. The van der Waals surface area contributed by atoms with Crippen LogP contribution in [0.3, 0.4) is 0 Å². The van der Waals surface area contributed by atoms with Crippen molar-refractivity contribution in [3.63, 3.8) is 0 Å². The van der Waals surface area contributed by atoms with Crippen LogP contribution in [0.1, 0.15) is 18.5 Å². The van der Waals surface area contributed by atoms with Gasteiger partial charge in [0.25, 0.3) is 0 Å². The van der Waals surface area contributed by atoms with E-state index in [1.165, 1.54) is 12.1 Å². The molecule has 0 radical (unpaired) electrons. The van der Waals surface area contributed by atoms with Crippen molar-refractivity contribution in [3.05, 3.63) is 35.6 Å². The van der Waals surface area contributed by atoms with Gasteiger partial charge >= 0.3 is 5.51 Å². The molecule has 96 valence electrons. The summed E-state index contributed by atoms with van der Waals surface area (Å²) in [6.07, 6.45) is 0. The van der Waals surface area contributed by atoms with Gasteiger partial charge in [-0.3, -0.25) is 0 Å². The average Bonchev–Trinajstić information content (AvgIpc) is 2.23. The third-order valence-electron chi connectivity index (χ3n) is 2.17. The molecule has 0 aromatic heterocycles. The van der Waals surface area contributed by atoms with E-state index in [1.807, 2.05) is 0 Å². The van der Waals surface area contributed by atoms with Gasteiger partial charge < -0.3 is 5.32 Å². The van der Waals surface area contributed by atoms with Gasteiger partial charge in [-0.15, -0.1) is 0 Å². The summed E-state index contributed by atoms with van der Waals surface area (Å²) < 4.78 is 48.4. The van der Waals surface area contributed by atoms with Gasteiger partial charge in [-0.1, -0.05) is 12.1 Å². The highest BCUT2D eigenvalue weighted by molar-refractivity contribution is 8.00. The van der Waals surface area contributed by atoms with E-state index >= 15 is 0 Å². The molecule has 1 unspecified atom stereocenters. The first kappa shape index (κ1) is 14.3. The molecule has 17 heavy (non-hydrogen) atoms. The molecule has 0 amide bonds. The van der Waals surface area contributed by atoms with E-state index < -0.39 is 5.51 Å². The Morgan fingerprint density at radius 2 is 2.06 bits per heavy atom. The van der Waals surface area contributed by atoms with Gasteiger partial charge in [-0.05, 0) is 36.4 Å². The lowest BCUT2D eigenvalue weighted by atomic mass is 10.1.